The third-order valence-electron chi connectivity index (χ3n) is 2.57. The molecule has 2 aromatic rings. The van der Waals surface area contributed by atoms with Crippen molar-refractivity contribution in [1.29, 1.82) is 0 Å². The van der Waals surface area contributed by atoms with Crippen LogP contribution in [0, 0.1) is 0 Å². The van der Waals surface area contributed by atoms with Crippen molar-refractivity contribution in [1.82, 2.24) is 9.29 Å². The van der Waals surface area contributed by atoms with Crippen LogP contribution >= 0.6 is 0 Å². The molecule has 0 fully saturated rings. The molecule has 86 valence electrons. The SMILES string of the molecule is CN(C)S(=O)(=O)Cc1c[nH]c2ccccc12. The molecule has 0 saturated carbocycles. The summed E-state index contributed by atoms with van der Waals surface area (Å²) < 4.78 is 24.8. The number of benzene rings is 1. The number of fused-ring (bicyclic) bond motifs is 1. The first-order chi connectivity index (χ1) is 7.50. The Bertz CT molecular complexity index is 599. The van der Waals surface area contributed by atoms with Crippen LogP contribution in [0.1, 0.15) is 5.56 Å². The minimum absolute atomic E-state index is 0.0318. The van der Waals surface area contributed by atoms with E-state index < -0.39 is 10.0 Å². The van der Waals surface area contributed by atoms with E-state index in [0.29, 0.717) is 0 Å². The summed E-state index contributed by atoms with van der Waals surface area (Å²) in [6, 6.07) is 7.68. The predicted octanol–water partition coefficient (Wildman–Crippen LogP) is 1.56. The highest BCUT2D eigenvalue weighted by Crippen LogP contribution is 2.20. The number of para-hydroxylation sites is 1. The summed E-state index contributed by atoms with van der Waals surface area (Å²) >= 11 is 0. The molecule has 0 bridgehead atoms. The van der Waals surface area contributed by atoms with Crippen molar-refractivity contribution in [2.45, 2.75) is 5.75 Å². The van der Waals surface area contributed by atoms with E-state index in [9.17, 15) is 8.42 Å². The predicted molar refractivity (Wildman–Crippen MR) is 64.6 cm³/mol. The van der Waals surface area contributed by atoms with Crippen LogP contribution in [0.25, 0.3) is 10.9 Å². The first kappa shape index (κ1) is 11.2. The number of sulfonamides is 1. The van der Waals surface area contributed by atoms with Gasteiger partial charge in [0.25, 0.3) is 0 Å². The van der Waals surface area contributed by atoms with Crippen molar-refractivity contribution in [2.75, 3.05) is 14.1 Å². The summed E-state index contributed by atoms with van der Waals surface area (Å²) in [5.74, 6) is 0.0318. The average molecular weight is 238 g/mol. The lowest BCUT2D eigenvalue weighted by molar-refractivity contribution is 0.520. The summed E-state index contributed by atoms with van der Waals surface area (Å²) in [6.45, 7) is 0. The van der Waals surface area contributed by atoms with E-state index in [1.165, 1.54) is 4.31 Å². The lowest BCUT2D eigenvalue weighted by Gasteiger charge is -2.10. The molecule has 1 aromatic heterocycles. The normalized spacial score (nSPS) is 12.4. The Kier molecular flexibility index (Phi) is 2.73. The summed E-state index contributed by atoms with van der Waals surface area (Å²) in [6.07, 6.45) is 1.76. The zero-order chi connectivity index (χ0) is 11.8. The molecule has 2 rings (SSSR count). The Morgan fingerprint density at radius 1 is 1.25 bits per heavy atom. The molecule has 1 aromatic carbocycles. The zero-order valence-electron chi connectivity index (χ0n) is 9.27. The van der Waals surface area contributed by atoms with Gasteiger partial charge in [-0.15, -0.1) is 0 Å². The van der Waals surface area contributed by atoms with Gasteiger partial charge in [-0.2, -0.15) is 0 Å². The smallest absolute Gasteiger partial charge is 0.217 e. The number of nitrogens with zero attached hydrogens (tertiary/aromatic N) is 1. The fraction of sp³-hybridized carbons (Fsp3) is 0.273. The maximum absolute atomic E-state index is 11.8. The number of H-pyrrole nitrogens is 1. The molecule has 4 nitrogen and oxygen atoms in total. The second kappa shape index (κ2) is 3.92. The number of aromatic nitrogens is 1. The Morgan fingerprint density at radius 3 is 2.62 bits per heavy atom. The lowest BCUT2D eigenvalue weighted by atomic mass is 10.2. The maximum atomic E-state index is 11.8. The summed E-state index contributed by atoms with van der Waals surface area (Å²) in [5.41, 5.74) is 1.77. The third-order valence-corrected chi connectivity index (χ3v) is 4.36. The summed E-state index contributed by atoms with van der Waals surface area (Å²) in [5, 5.41) is 0.966. The fourth-order valence-corrected chi connectivity index (χ4v) is 2.47. The molecule has 0 saturated heterocycles. The van der Waals surface area contributed by atoms with Crippen molar-refractivity contribution < 1.29 is 8.42 Å². The molecule has 5 heteroatoms. The van der Waals surface area contributed by atoms with Crippen molar-refractivity contribution >= 4 is 20.9 Å². The van der Waals surface area contributed by atoms with Crippen molar-refractivity contribution in [2.24, 2.45) is 0 Å². The van der Waals surface area contributed by atoms with E-state index in [1.54, 1.807) is 20.3 Å². The first-order valence-electron chi connectivity index (χ1n) is 4.96. The number of hydrogen-bond acceptors (Lipinski definition) is 2. The number of aromatic amines is 1. The molecule has 16 heavy (non-hydrogen) atoms. The first-order valence-corrected chi connectivity index (χ1v) is 6.57. The highest BCUT2D eigenvalue weighted by atomic mass is 32.2. The van der Waals surface area contributed by atoms with Crippen molar-refractivity contribution in [3.05, 3.63) is 36.0 Å². The monoisotopic (exact) mass is 238 g/mol. The van der Waals surface area contributed by atoms with E-state index in [4.69, 9.17) is 0 Å². The fourth-order valence-electron chi connectivity index (χ4n) is 1.58. The molecule has 0 unspecified atom stereocenters. The Morgan fingerprint density at radius 2 is 1.94 bits per heavy atom. The topological polar surface area (TPSA) is 53.2 Å². The van der Waals surface area contributed by atoms with Crippen LogP contribution in [0.15, 0.2) is 30.5 Å². The van der Waals surface area contributed by atoms with Gasteiger partial charge >= 0.3 is 0 Å². The van der Waals surface area contributed by atoms with Crippen LogP contribution in [0.4, 0.5) is 0 Å². The Hall–Kier alpha value is -1.33. The van der Waals surface area contributed by atoms with Crippen LogP contribution < -0.4 is 0 Å². The van der Waals surface area contributed by atoms with Gasteiger partial charge in [0.2, 0.25) is 10.0 Å². The maximum Gasteiger partial charge on any atom is 0.217 e. The molecule has 0 amide bonds. The van der Waals surface area contributed by atoms with Crippen molar-refractivity contribution in [3.63, 3.8) is 0 Å². The molecule has 1 N–H and O–H groups in total. The standard InChI is InChI=1S/C11H14N2O2S/c1-13(2)16(14,15)8-9-7-12-11-6-4-3-5-10(9)11/h3-7,12H,8H2,1-2H3. The number of hydrogen-bond donors (Lipinski definition) is 1. The van der Waals surface area contributed by atoms with E-state index in [-0.39, 0.29) is 5.75 Å². The van der Waals surface area contributed by atoms with E-state index >= 15 is 0 Å². The van der Waals surface area contributed by atoms with Gasteiger partial charge in [0.15, 0.2) is 0 Å². The van der Waals surface area contributed by atoms with E-state index in [0.717, 1.165) is 16.5 Å². The molecule has 0 atom stereocenters. The average Bonchev–Trinajstić information content (AvgIpc) is 2.61. The van der Waals surface area contributed by atoms with Crippen LogP contribution in [0.5, 0.6) is 0 Å². The zero-order valence-corrected chi connectivity index (χ0v) is 10.1. The summed E-state index contributed by atoms with van der Waals surface area (Å²) in [4.78, 5) is 3.07. The Balaban J connectivity index is 2.43. The van der Waals surface area contributed by atoms with Gasteiger partial charge in [-0.25, -0.2) is 12.7 Å². The van der Waals surface area contributed by atoms with Gasteiger partial charge in [-0.05, 0) is 11.6 Å². The molecular formula is C11H14N2O2S. The van der Waals surface area contributed by atoms with Crippen LogP contribution in [0.2, 0.25) is 0 Å². The van der Waals surface area contributed by atoms with Crippen LogP contribution in [-0.2, 0) is 15.8 Å². The molecule has 0 spiro atoms. The summed E-state index contributed by atoms with van der Waals surface area (Å²) in [7, 11) is -0.108. The molecule has 1 heterocycles. The quantitative estimate of drug-likeness (QED) is 0.882. The van der Waals surface area contributed by atoms with Gasteiger partial charge in [0, 0.05) is 31.2 Å². The highest BCUT2D eigenvalue weighted by Gasteiger charge is 2.16. The van der Waals surface area contributed by atoms with Gasteiger partial charge in [0.05, 0.1) is 5.75 Å². The largest absolute Gasteiger partial charge is 0.361 e. The van der Waals surface area contributed by atoms with Gasteiger partial charge in [0.1, 0.15) is 0 Å². The number of rotatable bonds is 3. The number of nitrogens with one attached hydrogen (secondary N) is 1. The van der Waals surface area contributed by atoms with Crippen LogP contribution in [0.3, 0.4) is 0 Å². The van der Waals surface area contributed by atoms with E-state index in [1.807, 2.05) is 24.3 Å². The molecule has 0 aliphatic carbocycles. The minimum Gasteiger partial charge on any atom is -0.361 e. The van der Waals surface area contributed by atoms with Crippen LogP contribution in [-0.4, -0.2) is 31.8 Å². The van der Waals surface area contributed by atoms with Crippen molar-refractivity contribution in [3.8, 4) is 0 Å². The molecule has 0 aliphatic rings. The van der Waals surface area contributed by atoms with Gasteiger partial charge < -0.3 is 4.98 Å². The van der Waals surface area contributed by atoms with Gasteiger partial charge in [-0.1, -0.05) is 18.2 Å². The third kappa shape index (κ3) is 1.96. The minimum atomic E-state index is -3.20. The Labute approximate surface area is 94.9 Å². The molecule has 0 radical (unpaired) electrons. The van der Waals surface area contributed by atoms with E-state index in [2.05, 4.69) is 4.98 Å². The second-order valence-electron chi connectivity index (χ2n) is 3.90. The molecule has 0 aliphatic heterocycles. The highest BCUT2D eigenvalue weighted by molar-refractivity contribution is 7.88. The lowest BCUT2D eigenvalue weighted by Crippen LogP contribution is -2.23. The molecular weight excluding hydrogens is 224 g/mol. The van der Waals surface area contributed by atoms with Gasteiger partial charge in [-0.3, -0.25) is 0 Å². The second-order valence-corrected chi connectivity index (χ2v) is 6.08.